The van der Waals surface area contributed by atoms with Crippen LogP contribution in [0.15, 0.2) is 24.3 Å². The first-order valence-corrected chi connectivity index (χ1v) is 7.70. The van der Waals surface area contributed by atoms with Gasteiger partial charge in [0.15, 0.2) is 0 Å². The molecule has 0 fully saturated rings. The molecule has 124 valence electrons. The van der Waals surface area contributed by atoms with Crippen molar-refractivity contribution in [2.75, 3.05) is 33.3 Å². The molecule has 0 radical (unpaired) electrons. The molecule has 0 heterocycles. The predicted octanol–water partition coefficient (Wildman–Crippen LogP) is 3.18. The third-order valence-electron chi connectivity index (χ3n) is 2.73. The summed E-state index contributed by atoms with van der Waals surface area (Å²) in [5.74, 6) is 0.724. The molecule has 0 aromatic heterocycles. The Labute approximate surface area is 137 Å². The highest BCUT2D eigenvalue weighted by atomic mass is 35.5. The van der Waals surface area contributed by atoms with Crippen molar-refractivity contribution in [3.63, 3.8) is 0 Å². The Morgan fingerprint density at radius 3 is 2.41 bits per heavy atom. The Morgan fingerprint density at radius 1 is 1.23 bits per heavy atom. The fraction of sp³-hybridized carbons (Fsp3) is 0.562. The van der Waals surface area contributed by atoms with Crippen LogP contribution in [0.25, 0.3) is 0 Å². The quantitative estimate of drug-likeness (QED) is 0.835. The maximum absolute atomic E-state index is 12.2. The summed E-state index contributed by atoms with van der Waals surface area (Å²) in [5, 5.41) is 3.69. The summed E-state index contributed by atoms with van der Waals surface area (Å²) in [6, 6.07) is 7.13. The number of nitrogens with zero attached hydrogens (tertiary/aromatic N) is 1. The van der Waals surface area contributed by atoms with E-state index in [1.54, 1.807) is 29.2 Å². The van der Waals surface area contributed by atoms with Crippen LogP contribution >= 0.6 is 11.6 Å². The lowest BCUT2D eigenvalue weighted by Gasteiger charge is -2.27. The molecule has 1 aromatic rings. The Morgan fingerprint density at radius 2 is 1.86 bits per heavy atom. The summed E-state index contributed by atoms with van der Waals surface area (Å²) in [4.78, 5) is 13.8. The second-order valence-corrected chi connectivity index (χ2v) is 6.31. The van der Waals surface area contributed by atoms with Crippen molar-refractivity contribution in [3.05, 3.63) is 29.3 Å². The number of hydrogen-bond acceptors (Lipinski definition) is 4. The van der Waals surface area contributed by atoms with Crippen molar-refractivity contribution in [1.82, 2.24) is 10.2 Å². The molecule has 0 spiro atoms. The second kappa shape index (κ2) is 8.86. The number of nitrogens with one attached hydrogen (secondary N) is 1. The molecule has 0 bridgehead atoms. The number of amides is 1. The van der Waals surface area contributed by atoms with Crippen LogP contribution < -0.4 is 10.1 Å². The van der Waals surface area contributed by atoms with E-state index in [0.29, 0.717) is 31.3 Å². The third-order valence-corrected chi connectivity index (χ3v) is 2.98. The fourth-order valence-electron chi connectivity index (χ4n) is 1.67. The van der Waals surface area contributed by atoms with Gasteiger partial charge in [-0.05, 0) is 52.1 Å². The van der Waals surface area contributed by atoms with E-state index < -0.39 is 5.60 Å². The van der Waals surface area contributed by atoms with Gasteiger partial charge in [0, 0.05) is 18.1 Å². The first kappa shape index (κ1) is 18.6. The molecule has 0 aliphatic carbocycles. The average Bonchev–Trinajstić information content (AvgIpc) is 2.42. The highest BCUT2D eigenvalue weighted by molar-refractivity contribution is 6.30. The normalized spacial score (nSPS) is 11.1. The van der Waals surface area contributed by atoms with Crippen LogP contribution in [-0.4, -0.2) is 49.9 Å². The molecular weight excluding hydrogens is 304 g/mol. The van der Waals surface area contributed by atoms with E-state index in [1.807, 2.05) is 27.8 Å². The molecule has 0 saturated heterocycles. The molecule has 1 amide bonds. The molecular formula is C16H25ClN2O3. The van der Waals surface area contributed by atoms with Gasteiger partial charge in [-0.2, -0.15) is 0 Å². The molecule has 0 aliphatic heterocycles. The summed E-state index contributed by atoms with van der Waals surface area (Å²) in [7, 11) is 1.84. The third kappa shape index (κ3) is 7.52. The number of rotatable bonds is 7. The number of likely N-dealkylation sites (N-methyl/N-ethyl adjacent to an activating group) is 1. The zero-order chi connectivity index (χ0) is 16.6. The standard InChI is InChI=1S/C16H25ClN2O3/c1-16(2,3)22-15(20)19(10-9-18-4)11-12-21-14-7-5-13(17)6-8-14/h5-8,18H,9-12H2,1-4H3. The molecule has 0 aliphatic rings. The lowest BCUT2D eigenvalue weighted by molar-refractivity contribution is 0.0229. The summed E-state index contributed by atoms with van der Waals surface area (Å²) in [5.41, 5.74) is -0.508. The largest absolute Gasteiger partial charge is 0.492 e. The maximum atomic E-state index is 12.2. The summed E-state index contributed by atoms with van der Waals surface area (Å²) < 4.78 is 11.0. The summed E-state index contributed by atoms with van der Waals surface area (Å²) in [6.45, 7) is 7.67. The van der Waals surface area contributed by atoms with E-state index in [1.165, 1.54) is 0 Å². The number of ether oxygens (including phenoxy) is 2. The Hall–Kier alpha value is -1.46. The lowest BCUT2D eigenvalue weighted by Crippen LogP contribution is -2.42. The molecule has 1 aromatic carbocycles. The Kier molecular flexibility index (Phi) is 7.48. The van der Waals surface area contributed by atoms with Gasteiger partial charge in [0.25, 0.3) is 0 Å². The first-order chi connectivity index (χ1) is 10.3. The van der Waals surface area contributed by atoms with Gasteiger partial charge in [-0.3, -0.25) is 0 Å². The molecule has 0 atom stereocenters. The minimum absolute atomic E-state index is 0.331. The van der Waals surface area contributed by atoms with Crippen molar-refractivity contribution in [2.24, 2.45) is 0 Å². The second-order valence-electron chi connectivity index (χ2n) is 5.87. The van der Waals surface area contributed by atoms with Gasteiger partial charge in [0.1, 0.15) is 18.0 Å². The van der Waals surface area contributed by atoms with E-state index in [2.05, 4.69) is 5.32 Å². The van der Waals surface area contributed by atoms with E-state index >= 15 is 0 Å². The van der Waals surface area contributed by atoms with Crippen molar-refractivity contribution in [3.8, 4) is 5.75 Å². The molecule has 1 N–H and O–H groups in total. The van der Waals surface area contributed by atoms with Gasteiger partial charge in [-0.15, -0.1) is 0 Å². The fourth-order valence-corrected chi connectivity index (χ4v) is 1.80. The van der Waals surface area contributed by atoms with Crippen LogP contribution in [0.5, 0.6) is 5.75 Å². The molecule has 5 nitrogen and oxygen atoms in total. The van der Waals surface area contributed by atoms with Gasteiger partial charge >= 0.3 is 6.09 Å². The summed E-state index contributed by atoms with van der Waals surface area (Å²) >= 11 is 5.82. The number of hydrogen-bond donors (Lipinski definition) is 1. The van der Waals surface area contributed by atoms with Gasteiger partial charge in [-0.1, -0.05) is 11.6 Å². The van der Waals surface area contributed by atoms with Gasteiger partial charge in [-0.25, -0.2) is 4.79 Å². The lowest BCUT2D eigenvalue weighted by atomic mass is 10.2. The van der Waals surface area contributed by atoms with Crippen molar-refractivity contribution in [2.45, 2.75) is 26.4 Å². The van der Waals surface area contributed by atoms with Gasteiger partial charge in [0.05, 0.1) is 6.54 Å². The predicted molar refractivity (Wildman–Crippen MR) is 88.7 cm³/mol. The van der Waals surface area contributed by atoms with Crippen molar-refractivity contribution in [1.29, 1.82) is 0 Å². The van der Waals surface area contributed by atoms with E-state index in [0.717, 1.165) is 5.75 Å². The van der Waals surface area contributed by atoms with Crippen LogP contribution in [0, 0.1) is 0 Å². The highest BCUT2D eigenvalue weighted by Crippen LogP contribution is 2.15. The summed E-state index contributed by atoms with van der Waals surface area (Å²) in [6.07, 6.45) is -0.331. The molecule has 22 heavy (non-hydrogen) atoms. The topological polar surface area (TPSA) is 50.8 Å². The van der Waals surface area contributed by atoms with Crippen LogP contribution in [-0.2, 0) is 4.74 Å². The van der Waals surface area contributed by atoms with Crippen LogP contribution in [0.2, 0.25) is 5.02 Å². The first-order valence-electron chi connectivity index (χ1n) is 7.33. The number of carbonyl (C=O) groups excluding carboxylic acids is 1. The van der Waals surface area contributed by atoms with E-state index in [4.69, 9.17) is 21.1 Å². The average molecular weight is 329 g/mol. The van der Waals surface area contributed by atoms with Gasteiger partial charge < -0.3 is 19.7 Å². The number of benzene rings is 1. The molecule has 0 saturated carbocycles. The zero-order valence-electron chi connectivity index (χ0n) is 13.7. The monoisotopic (exact) mass is 328 g/mol. The SMILES string of the molecule is CNCCN(CCOc1ccc(Cl)cc1)C(=O)OC(C)(C)C. The van der Waals surface area contributed by atoms with Crippen molar-refractivity contribution < 1.29 is 14.3 Å². The maximum Gasteiger partial charge on any atom is 0.410 e. The Balaban J connectivity index is 2.50. The van der Waals surface area contributed by atoms with Gasteiger partial charge in [0.2, 0.25) is 0 Å². The van der Waals surface area contributed by atoms with E-state index in [-0.39, 0.29) is 6.09 Å². The zero-order valence-corrected chi connectivity index (χ0v) is 14.4. The minimum atomic E-state index is -0.508. The minimum Gasteiger partial charge on any atom is -0.492 e. The highest BCUT2D eigenvalue weighted by Gasteiger charge is 2.21. The number of halogens is 1. The van der Waals surface area contributed by atoms with E-state index in [9.17, 15) is 4.79 Å². The van der Waals surface area contributed by atoms with Crippen LogP contribution in [0.1, 0.15) is 20.8 Å². The molecule has 6 heteroatoms. The smallest absolute Gasteiger partial charge is 0.410 e. The van der Waals surface area contributed by atoms with Crippen LogP contribution in [0.4, 0.5) is 4.79 Å². The van der Waals surface area contributed by atoms with Crippen molar-refractivity contribution >= 4 is 17.7 Å². The number of carbonyl (C=O) groups is 1. The Bertz CT molecular complexity index is 457. The molecule has 1 rings (SSSR count). The molecule has 0 unspecified atom stereocenters. The van der Waals surface area contributed by atoms with Crippen LogP contribution in [0.3, 0.4) is 0 Å².